The molecule has 0 amide bonds. The minimum atomic E-state index is 0. The number of rotatable bonds is 3. The second kappa shape index (κ2) is 9.88. The van der Waals surface area contributed by atoms with E-state index in [2.05, 4.69) is 100 Å². The fraction of sp³-hybridized carbons (Fsp3) is 0.0256. The summed E-state index contributed by atoms with van der Waals surface area (Å²) in [7, 11) is 0. The molecular weight excluding hydrogens is 736 g/mol. The molecule has 4 aromatic heterocycles. The molecule has 6 heteroatoms. The van der Waals surface area contributed by atoms with Crippen molar-refractivity contribution in [1.29, 1.82) is 0 Å². The molecule has 0 unspecified atom stereocenters. The monoisotopic (exact) mass is 757 g/mol. The van der Waals surface area contributed by atoms with E-state index >= 15 is 0 Å². The molecule has 1 aliphatic heterocycles. The molecule has 0 N–H and O–H groups in total. The predicted octanol–water partition coefficient (Wildman–Crippen LogP) is 9.09. The Morgan fingerprint density at radius 1 is 0.644 bits per heavy atom. The van der Waals surface area contributed by atoms with E-state index in [1.54, 1.807) is 0 Å². The average molecular weight is 758 g/mol. The van der Waals surface area contributed by atoms with Crippen molar-refractivity contribution in [2.75, 3.05) is 0 Å². The van der Waals surface area contributed by atoms with Crippen LogP contribution < -0.4 is 4.74 Å². The Kier molecular flexibility index (Phi) is 5.75. The third-order valence-corrected chi connectivity index (χ3v) is 8.81. The third kappa shape index (κ3) is 3.84. The number of benzene rings is 5. The molecule has 10 rings (SSSR count). The van der Waals surface area contributed by atoms with Crippen LogP contribution in [0.15, 0.2) is 122 Å². The van der Waals surface area contributed by atoms with E-state index in [0.29, 0.717) is 11.5 Å². The molecule has 5 heterocycles. The summed E-state index contributed by atoms with van der Waals surface area (Å²) in [5, 5.41) is 5.50. The summed E-state index contributed by atoms with van der Waals surface area (Å²) in [5.41, 5.74) is 9.56. The zero-order valence-electron chi connectivity index (χ0n) is 23.8. The number of aromatic nitrogens is 4. The number of ether oxygens (including phenoxy) is 1. The fourth-order valence-corrected chi connectivity index (χ4v) is 6.88. The molecule has 0 fully saturated rings. The van der Waals surface area contributed by atoms with Crippen molar-refractivity contribution in [2.45, 2.75) is 6.42 Å². The van der Waals surface area contributed by atoms with Crippen LogP contribution in [-0.2, 0) is 27.5 Å². The molecule has 0 saturated carbocycles. The molecule has 5 aromatic carbocycles. The van der Waals surface area contributed by atoms with Crippen molar-refractivity contribution < 1.29 is 25.8 Å². The normalized spacial score (nSPS) is 12.2. The Bertz CT molecular complexity index is 2620. The average Bonchev–Trinajstić information content (AvgIpc) is 3.68. The van der Waals surface area contributed by atoms with Crippen LogP contribution in [0.2, 0.25) is 0 Å². The van der Waals surface area contributed by atoms with Gasteiger partial charge in [0.25, 0.3) is 0 Å². The predicted molar refractivity (Wildman–Crippen MR) is 175 cm³/mol. The van der Waals surface area contributed by atoms with Crippen LogP contribution >= 0.6 is 0 Å². The van der Waals surface area contributed by atoms with Gasteiger partial charge in [0.2, 0.25) is 0 Å². The van der Waals surface area contributed by atoms with Gasteiger partial charge in [-0.15, -0.1) is 29.8 Å². The van der Waals surface area contributed by atoms with Gasteiger partial charge in [-0.2, -0.15) is 6.07 Å². The van der Waals surface area contributed by atoms with E-state index in [-0.39, 0.29) is 21.1 Å². The van der Waals surface area contributed by atoms with Crippen LogP contribution in [-0.4, -0.2) is 18.9 Å². The summed E-state index contributed by atoms with van der Waals surface area (Å²) in [6.07, 6.45) is 4.81. The SMILES string of the molecule is [Pt+2].[c-]1c(Oc2[c-]c3c(cc2)c2ccccc2n2cc(-c4ccccc4)nc32)ccc2c1-n1c3ncccc3c3cccc(c31)C2. The van der Waals surface area contributed by atoms with Crippen LogP contribution in [0.3, 0.4) is 0 Å². The molecule has 5 nitrogen and oxygen atoms in total. The van der Waals surface area contributed by atoms with Gasteiger partial charge >= 0.3 is 21.1 Å². The molecule has 0 radical (unpaired) electrons. The first-order valence-electron chi connectivity index (χ1n) is 14.7. The van der Waals surface area contributed by atoms with Gasteiger partial charge in [0.1, 0.15) is 5.65 Å². The number of pyridine rings is 2. The maximum Gasteiger partial charge on any atom is 2.00 e. The number of para-hydroxylation sites is 2. The van der Waals surface area contributed by atoms with Gasteiger partial charge in [-0.1, -0.05) is 89.3 Å². The van der Waals surface area contributed by atoms with Crippen LogP contribution in [0.25, 0.3) is 66.2 Å². The van der Waals surface area contributed by atoms with E-state index in [1.807, 2.05) is 42.6 Å². The fourth-order valence-electron chi connectivity index (χ4n) is 6.88. The van der Waals surface area contributed by atoms with E-state index in [4.69, 9.17) is 14.7 Å². The number of hydrogen-bond donors (Lipinski definition) is 0. The van der Waals surface area contributed by atoms with Crippen molar-refractivity contribution >= 4 is 49.3 Å². The van der Waals surface area contributed by atoms with E-state index in [1.165, 1.54) is 22.0 Å². The summed E-state index contributed by atoms with van der Waals surface area (Å²) in [6, 6.07) is 44.8. The van der Waals surface area contributed by atoms with E-state index < -0.39 is 0 Å². The van der Waals surface area contributed by atoms with E-state index in [0.717, 1.165) is 61.7 Å². The minimum absolute atomic E-state index is 0. The van der Waals surface area contributed by atoms with Crippen molar-refractivity contribution in [2.24, 2.45) is 0 Å². The number of imidazole rings is 1. The van der Waals surface area contributed by atoms with E-state index in [9.17, 15) is 0 Å². The van der Waals surface area contributed by atoms with Gasteiger partial charge in [0, 0.05) is 45.7 Å². The van der Waals surface area contributed by atoms with Crippen molar-refractivity contribution in [1.82, 2.24) is 18.9 Å². The van der Waals surface area contributed by atoms with Crippen molar-refractivity contribution in [3.8, 4) is 28.4 Å². The zero-order valence-corrected chi connectivity index (χ0v) is 26.0. The van der Waals surface area contributed by atoms with Gasteiger partial charge in [-0.25, -0.2) is 4.98 Å². The second-order valence-corrected chi connectivity index (χ2v) is 11.3. The maximum atomic E-state index is 6.50. The molecule has 0 spiro atoms. The number of nitrogens with zero attached hydrogens (tertiary/aromatic N) is 4. The first kappa shape index (κ1) is 26.2. The molecule has 9 aromatic rings. The van der Waals surface area contributed by atoms with Crippen molar-refractivity contribution in [3.05, 3.63) is 145 Å². The van der Waals surface area contributed by atoms with Crippen molar-refractivity contribution in [3.63, 3.8) is 0 Å². The van der Waals surface area contributed by atoms with Crippen LogP contribution in [0.5, 0.6) is 11.5 Å². The zero-order chi connectivity index (χ0) is 28.8. The minimum Gasteiger partial charge on any atom is -0.503 e. The molecule has 1 aliphatic rings. The standard InChI is InChI=1S/C39H22N4O.Pt/c1-2-8-24(9-3-1)34-23-42-35-14-5-4-11-30(35)29-18-17-27(21-33(29)39(42)41-34)44-28-16-15-25-20-26-10-6-12-31-32-13-7-19-40-38(32)43(37(26)31)36(25)22-28;/h1-19,23H,20H2;/q-2;+2. The summed E-state index contributed by atoms with van der Waals surface area (Å²) in [6.45, 7) is 0. The quantitative estimate of drug-likeness (QED) is 0.134. The largest absolute Gasteiger partial charge is 2.00 e. The summed E-state index contributed by atoms with van der Waals surface area (Å²) in [4.78, 5) is 9.87. The Balaban J connectivity index is 0.00000281. The van der Waals surface area contributed by atoms with Gasteiger partial charge in [0.15, 0.2) is 0 Å². The molecule has 0 bridgehead atoms. The molecule has 214 valence electrons. The van der Waals surface area contributed by atoms with Gasteiger partial charge in [0.05, 0.1) is 16.9 Å². The number of fused-ring (bicyclic) bond motifs is 11. The van der Waals surface area contributed by atoms with Crippen LogP contribution in [0.1, 0.15) is 11.1 Å². The molecule has 45 heavy (non-hydrogen) atoms. The third-order valence-electron chi connectivity index (χ3n) is 8.81. The molecule has 0 aliphatic carbocycles. The maximum absolute atomic E-state index is 6.50. The second-order valence-electron chi connectivity index (χ2n) is 11.3. The topological polar surface area (TPSA) is 44.4 Å². The summed E-state index contributed by atoms with van der Waals surface area (Å²) >= 11 is 0. The van der Waals surface area contributed by atoms with Gasteiger partial charge in [-0.05, 0) is 35.6 Å². The number of hydrogen-bond acceptors (Lipinski definition) is 3. The Morgan fingerprint density at radius 3 is 2.38 bits per heavy atom. The van der Waals surface area contributed by atoms with Gasteiger partial charge < -0.3 is 13.7 Å². The summed E-state index contributed by atoms with van der Waals surface area (Å²) in [5.74, 6) is 1.25. The molecule has 0 saturated heterocycles. The molecule has 0 atom stereocenters. The Labute approximate surface area is 272 Å². The molecular formula is C39H22N4OPt. The first-order chi connectivity index (χ1) is 21.8. The smallest absolute Gasteiger partial charge is 0.503 e. The summed E-state index contributed by atoms with van der Waals surface area (Å²) < 4.78 is 10.9. The Morgan fingerprint density at radius 2 is 1.44 bits per heavy atom. The Hall–Kier alpha value is -5.25. The van der Waals surface area contributed by atoms with Crippen LogP contribution in [0, 0.1) is 12.1 Å². The first-order valence-corrected chi connectivity index (χ1v) is 14.7. The van der Waals surface area contributed by atoms with Gasteiger partial charge in [-0.3, -0.25) is 4.98 Å². The van der Waals surface area contributed by atoms with Crippen LogP contribution in [0.4, 0.5) is 0 Å².